The van der Waals surface area contributed by atoms with Gasteiger partial charge in [0.1, 0.15) is 11.5 Å². The Balaban J connectivity index is 1.53. The molecule has 10 heteroatoms. The zero-order chi connectivity index (χ0) is 21.7. The van der Waals surface area contributed by atoms with Crippen LogP contribution in [-0.2, 0) is 11.0 Å². The van der Waals surface area contributed by atoms with Crippen LogP contribution >= 0.6 is 23.2 Å². The van der Waals surface area contributed by atoms with Crippen molar-refractivity contribution in [1.29, 1.82) is 0 Å². The molecule has 156 valence electrons. The highest BCUT2D eigenvalue weighted by atomic mass is 35.5. The molecule has 3 rings (SSSR count). The molecule has 2 N–H and O–H groups in total. The molecule has 0 bridgehead atoms. The van der Waals surface area contributed by atoms with Gasteiger partial charge in [0, 0.05) is 11.3 Å². The van der Waals surface area contributed by atoms with Crippen molar-refractivity contribution in [2.45, 2.75) is 6.18 Å². The van der Waals surface area contributed by atoms with E-state index in [2.05, 4.69) is 15.8 Å². The third-order valence-corrected chi connectivity index (χ3v) is 4.59. The Labute approximate surface area is 179 Å². The van der Waals surface area contributed by atoms with Crippen molar-refractivity contribution in [3.05, 3.63) is 76.0 Å². The van der Waals surface area contributed by atoms with Crippen molar-refractivity contribution in [1.82, 2.24) is 5.43 Å². The normalized spacial score (nSPS) is 11.6. The Morgan fingerprint density at radius 1 is 1.07 bits per heavy atom. The lowest BCUT2D eigenvalue weighted by atomic mass is 10.2. The molecular formula is C20H14Cl2F3N3O2. The number of hydrogen-bond acceptors (Lipinski definition) is 4. The molecule has 30 heavy (non-hydrogen) atoms. The number of benzene rings is 2. The summed E-state index contributed by atoms with van der Waals surface area (Å²) in [6, 6.07) is 13.0. The number of hydrogen-bond donors (Lipinski definition) is 2. The SMILES string of the molecule is O=C(CNc1cccc(C(F)(F)F)c1)N/N=C\c1ccc(-c2ccc(Cl)c(Cl)c2)o1. The van der Waals surface area contributed by atoms with E-state index in [1.54, 1.807) is 30.3 Å². The zero-order valence-corrected chi connectivity index (χ0v) is 16.6. The Bertz CT molecular complexity index is 1080. The summed E-state index contributed by atoms with van der Waals surface area (Å²) in [5, 5.41) is 7.19. The molecule has 2 aromatic carbocycles. The minimum atomic E-state index is -4.45. The predicted octanol–water partition coefficient (Wildman–Crippen LogP) is 5.83. The van der Waals surface area contributed by atoms with Gasteiger partial charge < -0.3 is 9.73 Å². The number of rotatable bonds is 6. The van der Waals surface area contributed by atoms with Gasteiger partial charge >= 0.3 is 6.18 Å². The second-order valence-corrected chi connectivity index (χ2v) is 6.87. The van der Waals surface area contributed by atoms with Gasteiger partial charge in [0.05, 0.1) is 28.4 Å². The van der Waals surface area contributed by atoms with Crippen LogP contribution in [0.5, 0.6) is 0 Å². The first kappa shape index (κ1) is 21.7. The number of carbonyl (C=O) groups excluding carboxylic acids is 1. The van der Waals surface area contributed by atoms with Crippen LogP contribution in [0.2, 0.25) is 10.0 Å². The Morgan fingerprint density at radius 3 is 2.60 bits per heavy atom. The van der Waals surface area contributed by atoms with Crippen LogP contribution in [0.1, 0.15) is 11.3 Å². The molecule has 0 atom stereocenters. The van der Waals surface area contributed by atoms with E-state index in [0.29, 0.717) is 21.6 Å². The maximum atomic E-state index is 12.7. The molecule has 0 radical (unpaired) electrons. The van der Waals surface area contributed by atoms with Crippen molar-refractivity contribution < 1.29 is 22.4 Å². The lowest BCUT2D eigenvalue weighted by Gasteiger charge is -2.09. The smallest absolute Gasteiger partial charge is 0.416 e. The largest absolute Gasteiger partial charge is 0.455 e. The van der Waals surface area contributed by atoms with Crippen molar-refractivity contribution in [2.24, 2.45) is 5.10 Å². The van der Waals surface area contributed by atoms with E-state index in [1.165, 1.54) is 18.3 Å². The average Bonchev–Trinajstić information content (AvgIpc) is 3.17. The van der Waals surface area contributed by atoms with Gasteiger partial charge in [-0.25, -0.2) is 5.43 Å². The first-order chi connectivity index (χ1) is 14.2. The Kier molecular flexibility index (Phi) is 6.69. The van der Waals surface area contributed by atoms with Crippen LogP contribution in [0, 0.1) is 0 Å². The van der Waals surface area contributed by atoms with E-state index in [0.717, 1.165) is 17.7 Å². The second-order valence-electron chi connectivity index (χ2n) is 6.06. The number of anilines is 1. The summed E-state index contributed by atoms with van der Waals surface area (Å²) in [4.78, 5) is 11.8. The number of hydrazone groups is 1. The summed E-state index contributed by atoms with van der Waals surface area (Å²) >= 11 is 11.9. The molecule has 1 amide bonds. The van der Waals surface area contributed by atoms with Crippen LogP contribution in [0.15, 0.2) is 64.1 Å². The number of carbonyl (C=O) groups is 1. The Morgan fingerprint density at radius 2 is 1.87 bits per heavy atom. The fourth-order valence-corrected chi connectivity index (χ4v) is 2.72. The first-order valence-electron chi connectivity index (χ1n) is 8.50. The second kappa shape index (κ2) is 9.23. The van der Waals surface area contributed by atoms with Gasteiger partial charge in [-0.3, -0.25) is 4.79 Å². The highest BCUT2D eigenvalue weighted by molar-refractivity contribution is 6.42. The van der Waals surface area contributed by atoms with E-state index < -0.39 is 17.6 Å². The van der Waals surface area contributed by atoms with Gasteiger partial charge in [-0.15, -0.1) is 0 Å². The summed E-state index contributed by atoms with van der Waals surface area (Å²) in [7, 11) is 0. The molecule has 0 fully saturated rings. The topological polar surface area (TPSA) is 66.6 Å². The molecule has 5 nitrogen and oxygen atoms in total. The maximum absolute atomic E-state index is 12.7. The number of nitrogens with one attached hydrogen (secondary N) is 2. The van der Waals surface area contributed by atoms with Crippen LogP contribution in [0.25, 0.3) is 11.3 Å². The third-order valence-electron chi connectivity index (χ3n) is 3.85. The number of nitrogens with zero attached hydrogens (tertiary/aromatic N) is 1. The quantitative estimate of drug-likeness (QED) is 0.362. The fraction of sp³-hybridized carbons (Fsp3) is 0.100. The molecule has 3 aromatic rings. The molecule has 0 spiro atoms. The third kappa shape index (κ3) is 5.77. The van der Waals surface area contributed by atoms with E-state index in [1.807, 2.05) is 0 Å². The molecule has 0 unspecified atom stereocenters. The minimum Gasteiger partial charge on any atom is -0.455 e. The van der Waals surface area contributed by atoms with Gasteiger partial charge in [-0.1, -0.05) is 29.3 Å². The standard InChI is InChI=1S/C20H14Cl2F3N3O2/c21-16-6-4-12(8-17(16)22)18-7-5-15(30-18)10-27-28-19(29)11-26-14-3-1-2-13(9-14)20(23,24)25/h1-10,26H,11H2,(H,28,29)/b27-10-. The monoisotopic (exact) mass is 455 g/mol. The predicted molar refractivity (Wildman–Crippen MR) is 110 cm³/mol. The zero-order valence-electron chi connectivity index (χ0n) is 15.1. The maximum Gasteiger partial charge on any atom is 0.416 e. The highest BCUT2D eigenvalue weighted by Gasteiger charge is 2.30. The van der Waals surface area contributed by atoms with E-state index in [-0.39, 0.29) is 12.2 Å². The summed E-state index contributed by atoms with van der Waals surface area (Å²) in [5.74, 6) is 0.370. The van der Waals surface area contributed by atoms with Gasteiger partial charge in [0.2, 0.25) is 0 Å². The molecular weight excluding hydrogens is 442 g/mol. The van der Waals surface area contributed by atoms with Crippen LogP contribution < -0.4 is 10.7 Å². The Hall–Kier alpha value is -2.97. The number of halogens is 5. The lowest BCUT2D eigenvalue weighted by molar-refractivity contribution is -0.137. The van der Waals surface area contributed by atoms with Crippen molar-refractivity contribution in [2.75, 3.05) is 11.9 Å². The number of alkyl halides is 3. The fourth-order valence-electron chi connectivity index (χ4n) is 2.42. The summed E-state index contributed by atoms with van der Waals surface area (Å²) in [5.41, 5.74) is 2.34. The summed E-state index contributed by atoms with van der Waals surface area (Å²) in [6.07, 6.45) is -3.16. The van der Waals surface area contributed by atoms with Gasteiger partial charge in [-0.05, 0) is 48.5 Å². The van der Waals surface area contributed by atoms with Crippen LogP contribution in [0.4, 0.5) is 18.9 Å². The number of furan rings is 1. The van der Waals surface area contributed by atoms with Crippen molar-refractivity contribution in [3.8, 4) is 11.3 Å². The lowest BCUT2D eigenvalue weighted by Crippen LogP contribution is -2.26. The molecule has 0 saturated heterocycles. The van der Waals surface area contributed by atoms with Crippen LogP contribution in [0.3, 0.4) is 0 Å². The molecule has 0 saturated carbocycles. The van der Waals surface area contributed by atoms with Crippen LogP contribution in [-0.4, -0.2) is 18.7 Å². The van der Waals surface area contributed by atoms with E-state index in [4.69, 9.17) is 27.6 Å². The first-order valence-corrected chi connectivity index (χ1v) is 9.26. The minimum absolute atomic E-state index is 0.168. The van der Waals surface area contributed by atoms with Crippen molar-refractivity contribution in [3.63, 3.8) is 0 Å². The molecule has 0 aliphatic carbocycles. The number of amides is 1. The highest BCUT2D eigenvalue weighted by Crippen LogP contribution is 2.31. The van der Waals surface area contributed by atoms with Gasteiger partial charge in [-0.2, -0.15) is 18.3 Å². The molecule has 0 aliphatic rings. The molecule has 1 heterocycles. The summed E-state index contributed by atoms with van der Waals surface area (Å²) < 4.78 is 43.7. The van der Waals surface area contributed by atoms with Crippen molar-refractivity contribution >= 4 is 41.0 Å². The average molecular weight is 456 g/mol. The summed E-state index contributed by atoms with van der Waals surface area (Å²) in [6.45, 7) is -0.259. The van der Waals surface area contributed by atoms with Gasteiger partial charge in [0.25, 0.3) is 5.91 Å². The van der Waals surface area contributed by atoms with E-state index in [9.17, 15) is 18.0 Å². The molecule has 1 aromatic heterocycles. The van der Waals surface area contributed by atoms with Gasteiger partial charge in [0.15, 0.2) is 0 Å². The van der Waals surface area contributed by atoms with E-state index >= 15 is 0 Å². The molecule has 0 aliphatic heterocycles.